The summed E-state index contributed by atoms with van der Waals surface area (Å²) in [6, 6.07) is 13.6. The Morgan fingerprint density at radius 1 is 0.952 bits per heavy atom. The highest BCUT2D eigenvalue weighted by molar-refractivity contribution is 6.03. The normalized spacial score (nSPS) is 11.8. The Balaban J connectivity index is 2.43. The SMILES string of the molecule is Cc1cc(C)cc(C(=O)C(C#N)c2ccc(C)c(C)c2)c1. The summed E-state index contributed by atoms with van der Waals surface area (Å²) >= 11 is 0. The van der Waals surface area contributed by atoms with Crippen LogP contribution in [0.3, 0.4) is 0 Å². The van der Waals surface area contributed by atoms with Gasteiger partial charge in [-0.1, -0.05) is 35.4 Å². The lowest BCUT2D eigenvalue weighted by molar-refractivity contribution is 0.0978. The van der Waals surface area contributed by atoms with E-state index in [-0.39, 0.29) is 5.78 Å². The zero-order valence-electron chi connectivity index (χ0n) is 12.9. The Hall–Kier alpha value is -2.40. The molecule has 0 amide bonds. The molecule has 106 valence electrons. The molecule has 2 aromatic carbocycles. The standard InChI is InChI=1S/C19H19NO/c1-12-7-13(2)9-17(8-12)19(21)18(11-20)16-6-5-14(3)15(4)10-16/h5-10,18H,1-4H3. The Morgan fingerprint density at radius 3 is 2.10 bits per heavy atom. The number of nitrogens with zero attached hydrogens (tertiary/aromatic N) is 1. The number of aryl methyl sites for hydroxylation is 4. The van der Waals surface area contributed by atoms with Crippen molar-refractivity contribution in [2.75, 3.05) is 0 Å². The van der Waals surface area contributed by atoms with Gasteiger partial charge in [-0.2, -0.15) is 5.26 Å². The van der Waals surface area contributed by atoms with E-state index in [1.165, 1.54) is 0 Å². The molecule has 1 atom stereocenters. The number of hydrogen-bond acceptors (Lipinski definition) is 2. The predicted octanol–water partition coefficient (Wildman–Crippen LogP) is 4.41. The second-order valence-corrected chi connectivity index (χ2v) is 5.65. The van der Waals surface area contributed by atoms with Crippen LogP contribution in [0.1, 0.15) is 44.1 Å². The van der Waals surface area contributed by atoms with Gasteiger partial charge in [0.25, 0.3) is 0 Å². The van der Waals surface area contributed by atoms with Gasteiger partial charge in [0.15, 0.2) is 5.78 Å². The van der Waals surface area contributed by atoms with Crippen LogP contribution in [0.5, 0.6) is 0 Å². The molecule has 0 saturated heterocycles. The van der Waals surface area contributed by atoms with Crippen LogP contribution < -0.4 is 0 Å². The minimum absolute atomic E-state index is 0.132. The maximum atomic E-state index is 12.7. The molecular weight excluding hydrogens is 258 g/mol. The van der Waals surface area contributed by atoms with Gasteiger partial charge in [-0.05, 0) is 56.5 Å². The van der Waals surface area contributed by atoms with Crippen LogP contribution >= 0.6 is 0 Å². The molecule has 0 spiro atoms. The van der Waals surface area contributed by atoms with Crippen molar-refractivity contribution in [3.05, 3.63) is 69.8 Å². The van der Waals surface area contributed by atoms with Crippen LogP contribution in [0.2, 0.25) is 0 Å². The second-order valence-electron chi connectivity index (χ2n) is 5.65. The monoisotopic (exact) mass is 277 g/mol. The number of Topliss-reactive ketones (excluding diaryl/α,β-unsaturated/α-hetero) is 1. The van der Waals surface area contributed by atoms with Gasteiger partial charge < -0.3 is 0 Å². The van der Waals surface area contributed by atoms with E-state index in [2.05, 4.69) is 6.07 Å². The molecule has 0 fully saturated rings. The molecule has 0 aliphatic heterocycles. The first-order valence-electron chi connectivity index (χ1n) is 7.01. The Kier molecular flexibility index (Phi) is 4.23. The molecule has 0 aromatic heterocycles. The molecule has 0 bridgehead atoms. The lowest BCUT2D eigenvalue weighted by Gasteiger charge is -2.12. The van der Waals surface area contributed by atoms with Gasteiger partial charge in [-0.15, -0.1) is 0 Å². The van der Waals surface area contributed by atoms with E-state index in [9.17, 15) is 10.1 Å². The van der Waals surface area contributed by atoms with Crippen molar-refractivity contribution in [3.63, 3.8) is 0 Å². The number of hydrogen-bond donors (Lipinski definition) is 0. The van der Waals surface area contributed by atoms with Crippen LogP contribution in [0.25, 0.3) is 0 Å². The van der Waals surface area contributed by atoms with Crippen LogP contribution in [-0.2, 0) is 0 Å². The molecule has 0 saturated carbocycles. The fraction of sp³-hybridized carbons (Fsp3) is 0.263. The summed E-state index contributed by atoms with van der Waals surface area (Å²) in [6.07, 6.45) is 0. The highest BCUT2D eigenvalue weighted by atomic mass is 16.1. The summed E-state index contributed by atoms with van der Waals surface area (Å²) in [4.78, 5) is 12.7. The molecule has 0 N–H and O–H groups in total. The van der Waals surface area contributed by atoms with E-state index in [0.29, 0.717) is 5.56 Å². The summed E-state index contributed by atoms with van der Waals surface area (Å²) in [5.74, 6) is -0.877. The molecule has 2 aromatic rings. The highest BCUT2D eigenvalue weighted by Crippen LogP contribution is 2.23. The van der Waals surface area contributed by atoms with Crippen molar-refractivity contribution in [1.82, 2.24) is 0 Å². The van der Waals surface area contributed by atoms with Gasteiger partial charge in [0.1, 0.15) is 5.92 Å². The number of ketones is 1. The van der Waals surface area contributed by atoms with Crippen LogP contribution in [0.15, 0.2) is 36.4 Å². The summed E-state index contributed by atoms with van der Waals surface area (Å²) in [6.45, 7) is 7.93. The maximum Gasteiger partial charge on any atom is 0.184 e. The number of benzene rings is 2. The highest BCUT2D eigenvalue weighted by Gasteiger charge is 2.22. The number of carbonyl (C=O) groups excluding carboxylic acids is 1. The third-order valence-electron chi connectivity index (χ3n) is 3.76. The topological polar surface area (TPSA) is 40.9 Å². The van der Waals surface area contributed by atoms with Gasteiger partial charge in [0, 0.05) is 5.56 Å². The fourth-order valence-electron chi connectivity index (χ4n) is 2.51. The van der Waals surface area contributed by atoms with E-state index in [4.69, 9.17) is 0 Å². The first-order chi connectivity index (χ1) is 9.92. The van der Waals surface area contributed by atoms with Crippen molar-refractivity contribution < 1.29 is 4.79 Å². The molecule has 21 heavy (non-hydrogen) atoms. The number of nitriles is 1. The lowest BCUT2D eigenvalue weighted by atomic mass is 9.89. The van der Waals surface area contributed by atoms with Crippen molar-refractivity contribution in [2.45, 2.75) is 33.6 Å². The molecule has 2 nitrogen and oxygen atoms in total. The van der Waals surface area contributed by atoms with Gasteiger partial charge >= 0.3 is 0 Å². The van der Waals surface area contributed by atoms with E-state index in [1.807, 2.05) is 64.1 Å². The van der Waals surface area contributed by atoms with Crippen LogP contribution in [0.4, 0.5) is 0 Å². The zero-order valence-corrected chi connectivity index (χ0v) is 12.9. The summed E-state index contributed by atoms with van der Waals surface area (Å²) in [7, 11) is 0. The first-order valence-corrected chi connectivity index (χ1v) is 7.01. The van der Waals surface area contributed by atoms with Crippen LogP contribution in [-0.4, -0.2) is 5.78 Å². The van der Waals surface area contributed by atoms with Gasteiger partial charge in [-0.3, -0.25) is 4.79 Å². The molecule has 1 unspecified atom stereocenters. The van der Waals surface area contributed by atoms with Crippen LogP contribution in [0, 0.1) is 39.0 Å². The van der Waals surface area contributed by atoms with Crippen molar-refractivity contribution in [3.8, 4) is 6.07 Å². The molecule has 0 heterocycles. The van der Waals surface area contributed by atoms with Gasteiger partial charge in [-0.25, -0.2) is 0 Å². The van der Waals surface area contributed by atoms with E-state index in [0.717, 1.165) is 27.8 Å². The maximum absolute atomic E-state index is 12.7. The first kappa shape index (κ1) is 15.0. The molecule has 0 radical (unpaired) electrons. The number of carbonyl (C=O) groups is 1. The minimum Gasteiger partial charge on any atom is -0.292 e. The van der Waals surface area contributed by atoms with E-state index >= 15 is 0 Å². The smallest absolute Gasteiger partial charge is 0.184 e. The quantitative estimate of drug-likeness (QED) is 0.780. The third-order valence-corrected chi connectivity index (χ3v) is 3.76. The Morgan fingerprint density at radius 2 is 1.57 bits per heavy atom. The number of rotatable bonds is 3. The predicted molar refractivity (Wildman–Crippen MR) is 84.5 cm³/mol. The minimum atomic E-state index is -0.745. The molecule has 0 aliphatic carbocycles. The molecule has 0 aliphatic rings. The molecular formula is C19H19NO. The largest absolute Gasteiger partial charge is 0.292 e. The van der Waals surface area contributed by atoms with Crippen molar-refractivity contribution in [1.29, 1.82) is 5.26 Å². The summed E-state index contributed by atoms with van der Waals surface area (Å²) < 4.78 is 0. The summed E-state index contributed by atoms with van der Waals surface area (Å²) in [5, 5.41) is 9.44. The van der Waals surface area contributed by atoms with Crippen molar-refractivity contribution in [2.24, 2.45) is 0 Å². The average Bonchev–Trinajstić information content (AvgIpc) is 2.42. The fourth-order valence-corrected chi connectivity index (χ4v) is 2.51. The Labute approximate surface area is 126 Å². The lowest BCUT2D eigenvalue weighted by Crippen LogP contribution is -2.12. The zero-order chi connectivity index (χ0) is 15.6. The Bertz CT molecular complexity index is 717. The third kappa shape index (κ3) is 3.20. The van der Waals surface area contributed by atoms with Gasteiger partial charge in [0.05, 0.1) is 6.07 Å². The molecule has 2 heteroatoms. The van der Waals surface area contributed by atoms with Crippen molar-refractivity contribution >= 4 is 5.78 Å². The van der Waals surface area contributed by atoms with E-state index < -0.39 is 5.92 Å². The second kappa shape index (κ2) is 5.93. The van der Waals surface area contributed by atoms with Gasteiger partial charge in [0.2, 0.25) is 0 Å². The van der Waals surface area contributed by atoms with E-state index in [1.54, 1.807) is 0 Å². The summed E-state index contributed by atoms with van der Waals surface area (Å²) in [5.41, 5.74) is 5.71. The molecule has 2 rings (SSSR count). The average molecular weight is 277 g/mol.